The molecule has 0 saturated carbocycles. The predicted octanol–water partition coefficient (Wildman–Crippen LogP) is 3.85. The van der Waals surface area contributed by atoms with Crippen LogP contribution in [-0.2, 0) is 0 Å². The van der Waals surface area contributed by atoms with Gasteiger partial charge >= 0.3 is 5.69 Å². The summed E-state index contributed by atoms with van der Waals surface area (Å²) in [4.78, 5) is 22.5. The van der Waals surface area contributed by atoms with Crippen molar-refractivity contribution in [1.29, 1.82) is 0 Å². The molecule has 3 rings (SSSR count). The zero-order valence-electron chi connectivity index (χ0n) is 11.4. The molecule has 1 heterocycles. The van der Waals surface area contributed by atoms with Crippen molar-refractivity contribution in [2.75, 3.05) is 5.73 Å². The Kier molecular flexibility index (Phi) is 3.61. The minimum atomic E-state index is -1.03. The molecule has 0 atom stereocenters. The minimum Gasteiger partial charge on any atom is -0.448 e. The summed E-state index contributed by atoms with van der Waals surface area (Å²) in [5, 5.41) is 11.0. The summed E-state index contributed by atoms with van der Waals surface area (Å²) >= 11 is 3.28. The molecule has 0 aliphatic rings. The highest BCUT2D eigenvalue weighted by molar-refractivity contribution is 9.10. The molecule has 116 valence electrons. The molecule has 1 aromatic heterocycles. The van der Waals surface area contributed by atoms with Gasteiger partial charge in [-0.05, 0) is 18.2 Å². The lowest BCUT2D eigenvalue weighted by atomic mass is 10.1. The topological polar surface area (TPSA) is 99.4 Å². The quantitative estimate of drug-likeness (QED) is 0.414. The molecule has 2 aromatic carbocycles. The van der Waals surface area contributed by atoms with E-state index < -0.39 is 27.5 Å². The molecule has 0 unspecified atom stereocenters. The van der Waals surface area contributed by atoms with Gasteiger partial charge in [0.1, 0.15) is 5.76 Å². The second-order valence-electron chi connectivity index (χ2n) is 4.74. The largest absolute Gasteiger partial charge is 0.448 e. The van der Waals surface area contributed by atoms with Crippen LogP contribution in [0.3, 0.4) is 0 Å². The van der Waals surface area contributed by atoms with Gasteiger partial charge in [-0.1, -0.05) is 28.1 Å². The van der Waals surface area contributed by atoms with Crippen LogP contribution in [0.25, 0.3) is 22.3 Å². The number of nitrogens with two attached hydrogens (primary N) is 1. The molecule has 0 aliphatic carbocycles. The van der Waals surface area contributed by atoms with Gasteiger partial charge in [-0.25, -0.2) is 4.39 Å². The lowest BCUT2D eigenvalue weighted by Gasteiger charge is -2.06. The van der Waals surface area contributed by atoms with Crippen molar-refractivity contribution in [3.63, 3.8) is 0 Å². The normalized spacial score (nSPS) is 10.9. The molecule has 0 spiro atoms. The zero-order valence-corrected chi connectivity index (χ0v) is 13.0. The van der Waals surface area contributed by atoms with Crippen LogP contribution in [0.1, 0.15) is 0 Å². The van der Waals surface area contributed by atoms with Crippen LogP contribution in [0.2, 0.25) is 0 Å². The first-order chi connectivity index (χ1) is 10.9. The van der Waals surface area contributed by atoms with Crippen molar-refractivity contribution < 1.29 is 13.7 Å². The monoisotopic (exact) mass is 378 g/mol. The molecule has 0 saturated heterocycles. The number of benzene rings is 2. The fourth-order valence-electron chi connectivity index (χ4n) is 2.19. The summed E-state index contributed by atoms with van der Waals surface area (Å²) in [7, 11) is 0. The zero-order chi connectivity index (χ0) is 16.7. The van der Waals surface area contributed by atoms with Crippen molar-refractivity contribution in [2.24, 2.45) is 0 Å². The van der Waals surface area contributed by atoms with E-state index in [4.69, 9.17) is 10.2 Å². The highest BCUT2D eigenvalue weighted by atomic mass is 79.9. The Morgan fingerprint density at radius 1 is 1.22 bits per heavy atom. The van der Waals surface area contributed by atoms with E-state index in [1.165, 1.54) is 0 Å². The molecule has 0 radical (unpaired) electrons. The molecule has 0 aliphatic heterocycles. The van der Waals surface area contributed by atoms with Gasteiger partial charge < -0.3 is 10.2 Å². The van der Waals surface area contributed by atoms with Crippen LogP contribution < -0.4 is 11.2 Å². The Morgan fingerprint density at radius 3 is 2.48 bits per heavy atom. The fourth-order valence-corrected chi connectivity index (χ4v) is 2.46. The maximum Gasteiger partial charge on any atom is 0.338 e. The second-order valence-corrected chi connectivity index (χ2v) is 5.65. The summed E-state index contributed by atoms with van der Waals surface area (Å²) in [6.45, 7) is 0. The van der Waals surface area contributed by atoms with E-state index in [-0.39, 0.29) is 16.7 Å². The summed E-state index contributed by atoms with van der Waals surface area (Å²) in [5.41, 5.74) is 3.61. The van der Waals surface area contributed by atoms with E-state index in [1.807, 2.05) is 0 Å². The van der Waals surface area contributed by atoms with Gasteiger partial charge in [0.2, 0.25) is 5.58 Å². The van der Waals surface area contributed by atoms with Crippen LogP contribution in [-0.4, -0.2) is 4.92 Å². The first-order valence-electron chi connectivity index (χ1n) is 6.34. The lowest BCUT2D eigenvalue weighted by molar-refractivity contribution is -0.382. The number of halogens is 2. The van der Waals surface area contributed by atoms with Crippen LogP contribution in [0.5, 0.6) is 0 Å². The number of anilines is 1. The number of nitro benzene ring substituents is 1. The number of nitro groups is 1. The van der Waals surface area contributed by atoms with Gasteiger partial charge in [0, 0.05) is 16.1 Å². The molecule has 0 fully saturated rings. The number of rotatable bonds is 2. The van der Waals surface area contributed by atoms with Gasteiger partial charge in [0.25, 0.3) is 0 Å². The van der Waals surface area contributed by atoms with E-state index >= 15 is 0 Å². The predicted molar refractivity (Wildman–Crippen MR) is 86.6 cm³/mol. The van der Waals surface area contributed by atoms with Crippen molar-refractivity contribution in [3.05, 3.63) is 67.0 Å². The molecule has 23 heavy (non-hydrogen) atoms. The minimum absolute atomic E-state index is 0.129. The number of hydrogen-bond donors (Lipinski definition) is 1. The molecular formula is C15H8BrFN2O4. The van der Waals surface area contributed by atoms with Crippen molar-refractivity contribution in [3.8, 4) is 11.3 Å². The van der Waals surface area contributed by atoms with Crippen molar-refractivity contribution in [2.45, 2.75) is 0 Å². The molecule has 3 aromatic rings. The third-order valence-electron chi connectivity index (χ3n) is 3.29. The van der Waals surface area contributed by atoms with Gasteiger partial charge in [0.05, 0.1) is 10.3 Å². The number of hydrogen-bond acceptors (Lipinski definition) is 5. The van der Waals surface area contributed by atoms with Gasteiger partial charge in [0.15, 0.2) is 16.9 Å². The van der Waals surface area contributed by atoms with Crippen molar-refractivity contribution >= 4 is 38.3 Å². The molecule has 0 amide bonds. The van der Waals surface area contributed by atoms with Crippen LogP contribution in [0.15, 0.2) is 50.1 Å². The SMILES string of the molecule is Nc1c(F)cc2c(=O)cc(-c3ccc(Br)cc3)oc2c1[N+](=O)[O-]. The summed E-state index contributed by atoms with van der Waals surface area (Å²) in [6.07, 6.45) is 0. The molecule has 8 heteroatoms. The molecular weight excluding hydrogens is 371 g/mol. The second kappa shape index (κ2) is 5.47. The fraction of sp³-hybridized carbons (Fsp3) is 0. The number of nitrogen functional groups attached to an aromatic ring is 1. The average Bonchev–Trinajstić information content (AvgIpc) is 2.49. The highest BCUT2D eigenvalue weighted by Crippen LogP contribution is 2.34. The van der Waals surface area contributed by atoms with Gasteiger partial charge in [-0.2, -0.15) is 0 Å². The smallest absolute Gasteiger partial charge is 0.338 e. The third-order valence-corrected chi connectivity index (χ3v) is 3.82. The summed E-state index contributed by atoms with van der Waals surface area (Å²) < 4.78 is 20.0. The Balaban J connectivity index is 2.39. The number of nitrogens with zero attached hydrogens (tertiary/aromatic N) is 1. The molecule has 6 nitrogen and oxygen atoms in total. The first-order valence-corrected chi connectivity index (χ1v) is 7.14. The van der Waals surface area contributed by atoms with E-state index in [1.54, 1.807) is 24.3 Å². The highest BCUT2D eigenvalue weighted by Gasteiger charge is 2.25. The first kappa shape index (κ1) is 15.2. The third kappa shape index (κ3) is 2.57. The van der Waals surface area contributed by atoms with Crippen LogP contribution in [0.4, 0.5) is 15.8 Å². The average molecular weight is 379 g/mol. The molecule has 0 bridgehead atoms. The standard InChI is InChI=1S/C15H8BrFN2O4/c16-8-3-1-7(2-4-8)12-6-11(20)9-5-10(17)13(18)14(19(21)22)15(9)23-12/h1-6H,18H2. The van der Waals surface area contributed by atoms with Crippen LogP contribution >= 0.6 is 15.9 Å². The van der Waals surface area contributed by atoms with E-state index in [0.29, 0.717) is 5.56 Å². The van der Waals surface area contributed by atoms with Crippen LogP contribution in [0, 0.1) is 15.9 Å². The van der Waals surface area contributed by atoms with E-state index in [0.717, 1.165) is 16.6 Å². The van der Waals surface area contributed by atoms with E-state index in [2.05, 4.69) is 15.9 Å². The summed E-state index contributed by atoms with van der Waals surface area (Å²) in [5.74, 6) is -0.906. The Bertz CT molecular complexity index is 999. The maximum atomic E-state index is 13.7. The van der Waals surface area contributed by atoms with Gasteiger partial charge in [-0.3, -0.25) is 14.9 Å². The van der Waals surface area contributed by atoms with Crippen molar-refractivity contribution in [1.82, 2.24) is 0 Å². The molecule has 2 N–H and O–H groups in total. The Labute approximate surface area is 136 Å². The van der Waals surface area contributed by atoms with E-state index in [9.17, 15) is 19.3 Å². The lowest BCUT2D eigenvalue weighted by Crippen LogP contribution is -2.06. The summed E-state index contributed by atoms with van der Waals surface area (Å²) in [6, 6.07) is 8.81. The Morgan fingerprint density at radius 2 is 1.87 bits per heavy atom. The number of fused-ring (bicyclic) bond motifs is 1. The van der Waals surface area contributed by atoms with Gasteiger partial charge in [-0.15, -0.1) is 0 Å². The Hall–Kier alpha value is -2.74. The maximum absolute atomic E-state index is 13.7.